The zero-order valence-electron chi connectivity index (χ0n) is 11.0. The van der Waals surface area contributed by atoms with Gasteiger partial charge in [0, 0.05) is 18.0 Å². The number of hydrogen-bond donors (Lipinski definition) is 1. The van der Waals surface area contributed by atoms with E-state index < -0.39 is 5.60 Å². The molecule has 19 heavy (non-hydrogen) atoms. The minimum absolute atomic E-state index is 0.114. The van der Waals surface area contributed by atoms with Crippen molar-refractivity contribution in [3.63, 3.8) is 0 Å². The molecule has 3 aliphatic rings. The normalized spacial score (nSPS) is 36.7. The lowest BCUT2D eigenvalue weighted by atomic mass is 9.67. The van der Waals surface area contributed by atoms with E-state index in [9.17, 15) is 9.90 Å². The van der Waals surface area contributed by atoms with Crippen molar-refractivity contribution in [1.29, 1.82) is 0 Å². The monoisotopic (exact) mass is 257 g/mol. The van der Waals surface area contributed by atoms with Crippen LogP contribution >= 0.6 is 0 Å². The van der Waals surface area contributed by atoms with Gasteiger partial charge in [-0.2, -0.15) is 0 Å². The van der Waals surface area contributed by atoms with Crippen LogP contribution in [0.5, 0.6) is 0 Å². The van der Waals surface area contributed by atoms with Gasteiger partial charge in [0.05, 0.1) is 11.6 Å². The van der Waals surface area contributed by atoms with Gasteiger partial charge >= 0.3 is 0 Å². The lowest BCUT2D eigenvalue weighted by Crippen LogP contribution is -2.54. The second-order valence-electron chi connectivity index (χ2n) is 6.24. The molecule has 2 fully saturated rings. The molecule has 1 saturated heterocycles. The van der Waals surface area contributed by atoms with Crippen molar-refractivity contribution in [1.82, 2.24) is 4.90 Å². The average Bonchev–Trinajstić information content (AvgIpc) is 2.72. The summed E-state index contributed by atoms with van der Waals surface area (Å²) in [7, 11) is 0. The fourth-order valence-corrected chi connectivity index (χ4v) is 4.40. The maximum absolute atomic E-state index is 12.5. The van der Waals surface area contributed by atoms with E-state index in [0.29, 0.717) is 6.54 Å². The molecule has 3 nitrogen and oxygen atoms in total. The standard InChI is InChI=1S/C16H19NO2/c18-15-12-6-2-1-5-11(12)14-13-7-3-4-8-16(13,19)9-10-17(14)15/h1-2,5-6,13-14,19H,3-4,7-10H2/t13-,14-,16-/m1/s1. The predicted octanol–water partition coefficient (Wildman–Crippen LogP) is 2.51. The molecular weight excluding hydrogens is 238 g/mol. The molecule has 100 valence electrons. The first-order valence-corrected chi connectivity index (χ1v) is 7.33. The molecule has 1 aromatic rings. The number of rotatable bonds is 0. The van der Waals surface area contributed by atoms with Crippen LogP contribution in [-0.4, -0.2) is 28.1 Å². The summed E-state index contributed by atoms with van der Waals surface area (Å²) in [6.07, 6.45) is 4.98. The number of fused-ring (bicyclic) bond motifs is 5. The van der Waals surface area contributed by atoms with E-state index in [4.69, 9.17) is 0 Å². The topological polar surface area (TPSA) is 40.5 Å². The van der Waals surface area contributed by atoms with Crippen LogP contribution in [0.25, 0.3) is 0 Å². The molecule has 0 spiro atoms. The van der Waals surface area contributed by atoms with Gasteiger partial charge in [0.2, 0.25) is 0 Å². The van der Waals surface area contributed by atoms with Gasteiger partial charge in [-0.1, -0.05) is 31.0 Å². The highest BCUT2D eigenvalue weighted by Crippen LogP contribution is 2.52. The minimum atomic E-state index is -0.544. The second kappa shape index (κ2) is 3.83. The number of aliphatic hydroxyl groups is 1. The van der Waals surface area contributed by atoms with Crippen molar-refractivity contribution >= 4 is 5.91 Å². The smallest absolute Gasteiger partial charge is 0.254 e. The number of carbonyl (C=O) groups is 1. The highest BCUT2D eigenvalue weighted by atomic mass is 16.3. The lowest BCUT2D eigenvalue weighted by Gasteiger charge is -2.50. The zero-order valence-corrected chi connectivity index (χ0v) is 11.0. The van der Waals surface area contributed by atoms with Crippen molar-refractivity contribution in [3.05, 3.63) is 35.4 Å². The Morgan fingerprint density at radius 1 is 1.21 bits per heavy atom. The van der Waals surface area contributed by atoms with E-state index >= 15 is 0 Å². The maximum Gasteiger partial charge on any atom is 0.254 e. The minimum Gasteiger partial charge on any atom is -0.389 e. The first-order chi connectivity index (χ1) is 9.21. The lowest BCUT2D eigenvalue weighted by molar-refractivity contribution is -0.111. The van der Waals surface area contributed by atoms with E-state index in [2.05, 4.69) is 6.07 Å². The van der Waals surface area contributed by atoms with Gasteiger partial charge in [-0.3, -0.25) is 4.79 Å². The SMILES string of the molecule is O=C1c2ccccc2[C@@H]2[C@H]3CCCC[C@@]3(O)CCN12. The molecular formula is C16H19NO2. The van der Waals surface area contributed by atoms with Gasteiger partial charge in [0.15, 0.2) is 0 Å². The van der Waals surface area contributed by atoms with Crippen molar-refractivity contribution in [2.75, 3.05) is 6.54 Å². The zero-order chi connectivity index (χ0) is 13.0. The maximum atomic E-state index is 12.5. The summed E-state index contributed by atoms with van der Waals surface area (Å²) in [6, 6.07) is 8.05. The predicted molar refractivity (Wildman–Crippen MR) is 71.7 cm³/mol. The molecule has 1 saturated carbocycles. The van der Waals surface area contributed by atoms with Gasteiger partial charge in [0.25, 0.3) is 5.91 Å². The number of nitrogens with zero attached hydrogens (tertiary/aromatic N) is 1. The third-order valence-corrected chi connectivity index (χ3v) is 5.34. The third-order valence-electron chi connectivity index (χ3n) is 5.34. The van der Waals surface area contributed by atoms with Crippen molar-refractivity contribution < 1.29 is 9.90 Å². The van der Waals surface area contributed by atoms with E-state index in [1.54, 1.807) is 0 Å². The molecule has 1 N–H and O–H groups in total. The largest absolute Gasteiger partial charge is 0.389 e. The van der Waals surface area contributed by atoms with Gasteiger partial charge in [0.1, 0.15) is 0 Å². The van der Waals surface area contributed by atoms with Crippen molar-refractivity contribution in [3.8, 4) is 0 Å². The third kappa shape index (κ3) is 1.45. The number of piperidine rings is 1. The van der Waals surface area contributed by atoms with Crippen LogP contribution in [0.4, 0.5) is 0 Å². The summed E-state index contributed by atoms with van der Waals surface area (Å²) in [6.45, 7) is 0.700. The average molecular weight is 257 g/mol. The summed E-state index contributed by atoms with van der Waals surface area (Å²) in [5.74, 6) is 0.385. The summed E-state index contributed by atoms with van der Waals surface area (Å²) in [4.78, 5) is 14.4. The Balaban J connectivity index is 1.82. The fourth-order valence-electron chi connectivity index (χ4n) is 4.40. The fraction of sp³-hybridized carbons (Fsp3) is 0.562. The van der Waals surface area contributed by atoms with Crippen LogP contribution in [-0.2, 0) is 0 Å². The van der Waals surface area contributed by atoms with Crippen LogP contribution in [0.3, 0.4) is 0 Å². The molecule has 4 rings (SSSR count). The van der Waals surface area contributed by atoms with Crippen LogP contribution in [0.2, 0.25) is 0 Å². The molecule has 1 amide bonds. The molecule has 3 heteroatoms. The Labute approximate surface area is 113 Å². The van der Waals surface area contributed by atoms with E-state index in [0.717, 1.165) is 36.8 Å². The molecule has 2 heterocycles. The van der Waals surface area contributed by atoms with E-state index in [-0.39, 0.29) is 17.9 Å². The van der Waals surface area contributed by atoms with E-state index in [1.807, 2.05) is 23.1 Å². The molecule has 3 atom stereocenters. The Kier molecular flexibility index (Phi) is 2.31. The number of hydrogen-bond acceptors (Lipinski definition) is 2. The Hall–Kier alpha value is -1.35. The van der Waals surface area contributed by atoms with Crippen LogP contribution in [0.1, 0.15) is 54.1 Å². The van der Waals surface area contributed by atoms with Gasteiger partial charge in [-0.15, -0.1) is 0 Å². The van der Waals surface area contributed by atoms with Gasteiger partial charge < -0.3 is 10.0 Å². The molecule has 1 aliphatic carbocycles. The van der Waals surface area contributed by atoms with Crippen LogP contribution in [0, 0.1) is 5.92 Å². The van der Waals surface area contributed by atoms with E-state index in [1.165, 1.54) is 6.42 Å². The quantitative estimate of drug-likeness (QED) is 0.775. The number of carbonyl (C=O) groups excluding carboxylic acids is 1. The second-order valence-corrected chi connectivity index (χ2v) is 6.24. The molecule has 0 unspecified atom stereocenters. The Morgan fingerprint density at radius 3 is 2.95 bits per heavy atom. The molecule has 0 radical (unpaired) electrons. The molecule has 1 aromatic carbocycles. The highest BCUT2D eigenvalue weighted by Gasteiger charge is 2.53. The van der Waals surface area contributed by atoms with Crippen LogP contribution < -0.4 is 0 Å². The van der Waals surface area contributed by atoms with Gasteiger partial charge in [-0.25, -0.2) is 0 Å². The Morgan fingerprint density at radius 2 is 2.05 bits per heavy atom. The summed E-state index contributed by atoms with van der Waals surface area (Å²) >= 11 is 0. The first-order valence-electron chi connectivity index (χ1n) is 7.33. The molecule has 0 aromatic heterocycles. The Bertz CT molecular complexity index is 541. The summed E-state index contributed by atoms with van der Waals surface area (Å²) < 4.78 is 0. The van der Waals surface area contributed by atoms with Crippen molar-refractivity contribution in [2.45, 2.75) is 43.7 Å². The molecule has 0 bridgehead atoms. The summed E-state index contributed by atoms with van der Waals surface area (Å²) in [5, 5.41) is 10.9. The first kappa shape index (κ1) is 11.5. The number of benzene rings is 1. The van der Waals surface area contributed by atoms with Gasteiger partial charge in [-0.05, 0) is 30.9 Å². The molecule has 2 aliphatic heterocycles. The highest BCUT2D eigenvalue weighted by molar-refractivity contribution is 5.99. The van der Waals surface area contributed by atoms with Crippen molar-refractivity contribution in [2.24, 2.45) is 5.92 Å². The summed E-state index contributed by atoms with van der Waals surface area (Å²) in [5.41, 5.74) is 1.44. The van der Waals surface area contributed by atoms with Crippen LogP contribution in [0.15, 0.2) is 24.3 Å². The number of amides is 1.